The van der Waals surface area contributed by atoms with Gasteiger partial charge in [0.1, 0.15) is 0 Å². The van der Waals surface area contributed by atoms with E-state index in [2.05, 4.69) is 21.2 Å². The van der Waals surface area contributed by atoms with Crippen LogP contribution in [0.15, 0.2) is 23.1 Å². The normalized spacial score (nSPS) is 12.3. The highest BCUT2D eigenvalue weighted by molar-refractivity contribution is 9.10. The van der Waals surface area contributed by atoms with Gasteiger partial charge in [-0.1, -0.05) is 22.0 Å². The van der Waals surface area contributed by atoms with Crippen LogP contribution in [0.4, 0.5) is 5.69 Å². The number of hydrogen-bond acceptors (Lipinski definition) is 3. The van der Waals surface area contributed by atoms with Crippen LogP contribution in [0.2, 0.25) is 0 Å². The van der Waals surface area contributed by atoms with Crippen molar-refractivity contribution in [1.29, 1.82) is 0 Å². The highest BCUT2D eigenvalue weighted by Crippen LogP contribution is 2.24. The van der Waals surface area contributed by atoms with Crippen LogP contribution in [-0.4, -0.2) is 18.6 Å². The predicted octanol–water partition coefficient (Wildman–Crippen LogP) is 1.75. The van der Waals surface area contributed by atoms with Crippen LogP contribution >= 0.6 is 15.9 Å². The molecule has 1 aromatic carbocycles. The highest BCUT2D eigenvalue weighted by Gasteiger charge is 2.24. The summed E-state index contributed by atoms with van der Waals surface area (Å²) < 4.78 is 21.9. The predicted molar refractivity (Wildman–Crippen MR) is 74.2 cm³/mol. The molecule has 0 atom stereocenters. The number of rotatable bonds is 3. The molecule has 0 aliphatic rings. The first-order valence-corrected chi connectivity index (χ1v) is 7.50. The second-order valence-electron chi connectivity index (χ2n) is 4.40. The van der Waals surface area contributed by atoms with E-state index in [0.717, 1.165) is 0 Å². The van der Waals surface area contributed by atoms with Crippen LogP contribution in [0.5, 0.6) is 0 Å². The quantitative estimate of drug-likeness (QED) is 0.825. The minimum atomic E-state index is -3.79. The van der Waals surface area contributed by atoms with Crippen molar-refractivity contribution >= 4 is 37.5 Å². The van der Waals surface area contributed by atoms with Crippen molar-refractivity contribution in [2.75, 3.05) is 5.32 Å². The van der Waals surface area contributed by atoms with Gasteiger partial charge in [0.05, 0.1) is 9.22 Å². The number of anilines is 1. The number of halogens is 1. The number of carbonyl (C=O) groups is 1. The number of amides is 1. The van der Waals surface area contributed by atoms with Crippen molar-refractivity contribution in [2.45, 2.75) is 30.0 Å². The van der Waals surface area contributed by atoms with Crippen LogP contribution in [0.3, 0.4) is 0 Å². The lowest BCUT2D eigenvalue weighted by Gasteiger charge is -2.17. The molecule has 0 unspecified atom stereocenters. The molecule has 0 heterocycles. The average Bonchev–Trinajstić information content (AvgIpc) is 2.17. The topological polar surface area (TPSA) is 89.3 Å². The Morgan fingerprint density at radius 2 is 1.94 bits per heavy atom. The minimum Gasteiger partial charge on any atom is -0.325 e. The molecule has 0 spiro atoms. The van der Waals surface area contributed by atoms with E-state index >= 15 is 0 Å². The number of sulfonamides is 1. The second-order valence-corrected chi connectivity index (χ2v) is 7.91. The fraction of sp³-hybridized carbons (Fsp3) is 0.364. The van der Waals surface area contributed by atoms with Gasteiger partial charge in [0, 0.05) is 5.69 Å². The molecule has 0 aliphatic carbocycles. The number of carbonyl (C=O) groups excluding carboxylic acids is 1. The van der Waals surface area contributed by atoms with Gasteiger partial charge in [0.15, 0.2) is 0 Å². The van der Waals surface area contributed by atoms with Gasteiger partial charge in [0.2, 0.25) is 15.9 Å². The summed E-state index contributed by atoms with van der Waals surface area (Å²) in [4.78, 5) is 11.8. The first kappa shape index (κ1) is 15.1. The molecule has 0 bridgehead atoms. The van der Waals surface area contributed by atoms with Crippen molar-refractivity contribution < 1.29 is 13.2 Å². The number of benzene rings is 1. The van der Waals surface area contributed by atoms with E-state index in [4.69, 9.17) is 5.14 Å². The average molecular weight is 335 g/mol. The van der Waals surface area contributed by atoms with Crippen LogP contribution in [0, 0.1) is 6.92 Å². The van der Waals surface area contributed by atoms with Crippen molar-refractivity contribution in [3.05, 3.63) is 23.8 Å². The van der Waals surface area contributed by atoms with Gasteiger partial charge in [-0.25, -0.2) is 13.6 Å². The smallest absolute Gasteiger partial charge is 0.240 e. The van der Waals surface area contributed by atoms with Crippen molar-refractivity contribution in [1.82, 2.24) is 0 Å². The number of alkyl halides is 1. The third-order valence-electron chi connectivity index (χ3n) is 2.38. The molecule has 1 rings (SSSR count). The maximum Gasteiger partial charge on any atom is 0.240 e. The van der Waals surface area contributed by atoms with Crippen LogP contribution in [0.1, 0.15) is 19.4 Å². The Kier molecular flexibility index (Phi) is 4.19. The van der Waals surface area contributed by atoms with E-state index in [0.29, 0.717) is 11.3 Å². The van der Waals surface area contributed by atoms with E-state index in [1.54, 1.807) is 26.8 Å². The molecule has 0 saturated heterocycles. The number of nitrogens with one attached hydrogen (secondary N) is 1. The summed E-state index contributed by atoms with van der Waals surface area (Å²) in [5, 5.41) is 7.75. The van der Waals surface area contributed by atoms with Crippen molar-refractivity contribution in [3.63, 3.8) is 0 Å². The summed E-state index contributed by atoms with van der Waals surface area (Å²) in [6.07, 6.45) is 0. The molecular weight excluding hydrogens is 320 g/mol. The molecule has 7 heteroatoms. The van der Waals surface area contributed by atoms with E-state index in [1.165, 1.54) is 12.1 Å². The summed E-state index contributed by atoms with van der Waals surface area (Å²) in [5.74, 6) is -0.267. The zero-order chi connectivity index (χ0) is 14.1. The van der Waals surface area contributed by atoms with Gasteiger partial charge >= 0.3 is 0 Å². The summed E-state index contributed by atoms with van der Waals surface area (Å²) in [7, 11) is -3.79. The standard InChI is InChI=1S/C11H15BrN2O3S/c1-7-8(14-10(15)11(2,3)12)5-4-6-9(7)18(13,16)17/h4-6H,1-3H3,(H,14,15)(H2,13,16,17). The lowest BCUT2D eigenvalue weighted by Crippen LogP contribution is -2.31. The summed E-state index contributed by atoms with van der Waals surface area (Å²) in [6.45, 7) is 4.99. The molecule has 0 fully saturated rings. The van der Waals surface area contributed by atoms with E-state index < -0.39 is 14.3 Å². The maximum atomic E-state index is 11.8. The Morgan fingerprint density at radius 1 is 1.39 bits per heavy atom. The van der Waals surface area contributed by atoms with Crippen LogP contribution in [0.25, 0.3) is 0 Å². The Bertz CT molecular complexity index is 576. The fourth-order valence-corrected chi connectivity index (χ4v) is 2.23. The SMILES string of the molecule is Cc1c(NC(=O)C(C)(C)Br)cccc1S(N)(=O)=O. The van der Waals surface area contributed by atoms with Gasteiger partial charge in [-0.05, 0) is 38.5 Å². The van der Waals surface area contributed by atoms with E-state index in [9.17, 15) is 13.2 Å². The van der Waals surface area contributed by atoms with E-state index in [1.807, 2.05) is 0 Å². The maximum absolute atomic E-state index is 11.8. The molecule has 0 radical (unpaired) electrons. The molecule has 100 valence electrons. The van der Waals surface area contributed by atoms with Crippen molar-refractivity contribution in [3.8, 4) is 0 Å². The third kappa shape index (κ3) is 3.54. The highest BCUT2D eigenvalue weighted by atomic mass is 79.9. The first-order chi connectivity index (χ1) is 8.03. The zero-order valence-electron chi connectivity index (χ0n) is 10.3. The molecule has 0 aliphatic heterocycles. The fourth-order valence-electron chi connectivity index (χ4n) is 1.33. The summed E-state index contributed by atoms with van der Waals surface area (Å²) in [6, 6.07) is 4.56. The summed E-state index contributed by atoms with van der Waals surface area (Å²) >= 11 is 3.23. The molecule has 0 saturated carbocycles. The Labute approximate surface area is 115 Å². The van der Waals surface area contributed by atoms with Crippen LogP contribution in [-0.2, 0) is 14.8 Å². The molecule has 18 heavy (non-hydrogen) atoms. The first-order valence-electron chi connectivity index (χ1n) is 5.16. The van der Waals surface area contributed by atoms with Gasteiger partial charge in [-0.3, -0.25) is 4.79 Å². The van der Waals surface area contributed by atoms with Gasteiger partial charge in [-0.2, -0.15) is 0 Å². The number of nitrogens with two attached hydrogens (primary N) is 1. The molecule has 3 N–H and O–H groups in total. The molecule has 5 nitrogen and oxygen atoms in total. The van der Waals surface area contributed by atoms with Crippen molar-refractivity contribution in [2.24, 2.45) is 5.14 Å². The van der Waals surface area contributed by atoms with Gasteiger partial charge in [-0.15, -0.1) is 0 Å². The lowest BCUT2D eigenvalue weighted by molar-refractivity contribution is -0.117. The Balaban J connectivity index is 3.18. The third-order valence-corrected chi connectivity index (χ3v) is 3.79. The molecule has 0 aromatic heterocycles. The molecule has 1 aromatic rings. The number of primary sulfonamides is 1. The zero-order valence-corrected chi connectivity index (χ0v) is 12.7. The van der Waals surface area contributed by atoms with Crippen LogP contribution < -0.4 is 10.5 Å². The molecular formula is C11H15BrN2O3S. The van der Waals surface area contributed by atoms with Gasteiger partial charge < -0.3 is 5.32 Å². The Hall–Kier alpha value is -0.920. The van der Waals surface area contributed by atoms with E-state index in [-0.39, 0.29) is 10.8 Å². The monoisotopic (exact) mass is 334 g/mol. The second kappa shape index (κ2) is 4.99. The minimum absolute atomic E-state index is 0.00711. The largest absolute Gasteiger partial charge is 0.325 e. The lowest BCUT2D eigenvalue weighted by atomic mass is 10.1. The van der Waals surface area contributed by atoms with Gasteiger partial charge in [0.25, 0.3) is 0 Å². The molecule has 1 amide bonds. The Morgan fingerprint density at radius 3 is 2.39 bits per heavy atom. The summed E-state index contributed by atoms with van der Waals surface area (Å²) in [5.41, 5.74) is 0.851. The number of hydrogen-bond donors (Lipinski definition) is 2.